The molecule has 0 saturated carbocycles. The Morgan fingerprint density at radius 3 is 2.50 bits per heavy atom. The van der Waals surface area contributed by atoms with Crippen molar-refractivity contribution in [3.63, 3.8) is 0 Å². The van der Waals surface area contributed by atoms with Crippen LogP contribution in [0, 0.1) is 5.92 Å². The van der Waals surface area contributed by atoms with Gasteiger partial charge in [-0.1, -0.05) is 0 Å². The number of rotatable bonds is 4. The van der Waals surface area contributed by atoms with Gasteiger partial charge >= 0.3 is 5.97 Å². The van der Waals surface area contributed by atoms with Crippen LogP contribution < -0.4 is 0 Å². The molecule has 0 aromatic heterocycles. The van der Waals surface area contributed by atoms with E-state index in [4.69, 9.17) is 0 Å². The smallest absolute Gasteiger partial charge is 0.316 e. The maximum absolute atomic E-state index is 10.5. The highest BCUT2D eigenvalue weighted by atomic mass is 16.5. The number of carbonyl (C=O) groups excluding carboxylic acids is 3. The molecule has 0 heterocycles. The average Bonchev–Trinajstić information content (AvgIpc) is 1.99. The lowest BCUT2D eigenvalue weighted by Crippen LogP contribution is -2.17. The Labute approximate surface area is 58.2 Å². The molecule has 0 spiro atoms. The highest BCUT2D eigenvalue weighted by molar-refractivity contribution is 5.89. The van der Waals surface area contributed by atoms with Crippen LogP contribution in [0.25, 0.3) is 0 Å². The van der Waals surface area contributed by atoms with Crippen LogP contribution in [0.2, 0.25) is 0 Å². The van der Waals surface area contributed by atoms with Crippen LogP contribution in [0.4, 0.5) is 0 Å². The molecule has 0 fully saturated rings. The molecule has 0 aliphatic carbocycles. The molecule has 1 atom stereocenters. The van der Waals surface area contributed by atoms with Crippen LogP contribution in [-0.2, 0) is 19.1 Å². The molecule has 0 rings (SSSR count). The van der Waals surface area contributed by atoms with Gasteiger partial charge in [-0.3, -0.25) is 4.79 Å². The second-order valence-corrected chi connectivity index (χ2v) is 1.67. The normalized spacial score (nSPS) is 11.7. The fourth-order valence-electron chi connectivity index (χ4n) is 0.462. The summed E-state index contributed by atoms with van der Waals surface area (Å²) in [5.74, 6) is -1.59. The Hall–Kier alpha value is -1.19. The lowest BCUT2D eigenvalue weighted by molar-refractivity contribution is -0.147. The van der Waals surface area contributed by atoms with E-state index in [1.165, 1.54) is 7.11 Å². The van der Waals surface area contributed by atoms with Gasteiger partial charge in [-0.05, 0) is 0 Å². The number of ether oxygens (including phenoxy) is 1. The molecule has 4 nitrogen and oxygen atoms in total. The Balaban J connectivity index is 3.91. The zero-order valence-corrected chi connectivity index (χ0v) is 5.57. The quantitative estimate of drug-likeness (QED) is 0.305. The standard InChI is InChI=1S/C6H8O4/c1-10-6(9)5(4-8)2-3-7/h3-5H,2H2,1H3. The molecule has 4 heteroatoms. The summed E-state index contributed by atoms with van der Waals surface area (Å²) in [6, 6.07) is 0. The predicted molar refractivity (Wildman–Crippen MR) is 32.3 cm³/mol. The van der Waals surface area contributed by atoms with Gasteiger partial charge in [-0.25, -0.2) is 0 Å². The molecule has 0 aliphatic rings. The molecule has 0 aliphatic heterocycles. The minimum absolute atomic E-state index is 0.101. The number of esters is 1. The first-order valence-electron chi connectivity index (χ1n) is 2.73. The number of hydrogen-bond donors (Lipinski definition) is 0. The topological polar surface area (TPSA) is 60.4 Å². The van der Waals surface area contributed by atoms with E-state index in [-0.39, 0.29) is 6.42 Å². The van der Waals surface area contributed by atoms with E-state index >= 15 is 0 Å². The van der Waals surface area contributed by atoms with Gasteiger partial charge in [0, 0.05) is 6.42 Å². The Morgan fingerprint density at radius 1 is 1.60 bits per heavy atom. The molecule has 0 bridgehead atoms. The monoisotopic (exact) mass is 144 g/mol. The van der Waals surface area contributed by atoms with Gasteiger partial charge in [-0.2, -0.15) is 0 Å². The van der Waals surface area contributed by atoms with Crippen LogP contribution in [0.5, 0.6) is 0 Å². The lowest BCUT2D eigenvalue weighted by atomic mass is 10.1. The predicted octanol–water partition coefficient (Wildman–Crippen LogP) is -0.437. The van der Waals surface area contributed by atoms with Crippen molar-refractivity contribution in [1.29, 1.82) is 0 Å². The van der Waals surface area contributed by atoms with Crippen LogP contribution in [0.1, 0.15) is 6.42 Å². The summed E-state index contributed by atoms with van der Waals surface area (Å²) < 4.78 is 4.23. The molecular formula is C6H8O4. The first-order chi connectivity index (χ1) is 4.76. The van der Waals surface area contributed by atoms with Crippen molar-refractivity contribution in [3.8, 4) is 0 Å². The van der Waals surface area contributed by atoms with Gasteiger partial charge in [0.1, 0.15) is 18.5 Å². The number of aldehydes is 2. The lowest BCUT2D eigenvalue weighted by Gasteiger charge is -2.01. The maximum atomic E-state index is 10.5. The first-order valence-corrected chi connectivity index (χ1v) is 2.73. The summed E-state index contributed by atoms with van der Waals surface area (Å²) in [5, 5.41) is 0. The average molecular weight is 144 g/mol. The van der Waals surface area contributed by atoms with Crippen LogP contribution in [0.3, 0.4) is 0 Å². The van der Waals surface area contributed by atoms with E-state index in [9.17, 15) is 14.4 Å². The molecule has 0 radical (unpaired) electrons. The van der Waals surface area contributed by atoms with E-state index in [0.717, 1.165) is 0 Å². The molecule has 10 heavy (non-hydrogen) atoms. The molecule has 0 aromatic rings. The molecular weight excluding hydrogens is 136 g/mol. The van der Waals surface area contributed by atoms with Crippen molar-refractivity contribution in [3.05, 3.63) is 0 Å². The molecule has 1 unspecified atom stereocenters. The van der Waals surface area contributed by atoms with Crippen molar-refractivity contribution in [1.82, 2.24) is 0 Å². The Bertz CT molecular complexity index is 141. The molecule has 0 amide bonds. The van der Waals surface area contributed by atoms with Crippen molar-refractivity contribution >= 4 is 18.5 Å². The summed E-state index contributed by atoms with van der Waals surface area (Å²) in [7, 11) is 1.17. The van der Waals surface area contributed by atoms with Crippen molar-refractivity contribution in [2.45, 2.75) is 6.42 Å². The summed E-state index contributed by atoms with van der Waals surface area (Å²) in [4.78, 5) is 30.4. The number of carbonyl (C=O) groups is 3. The second-order valence-electron chi connectivity index (χ2n) is 1.67. The highest BCUT2D eigenvalue weighted by Gasteiger charge is 2.16. The SMILES string of the molecule is COC(=O)C(C=O)CC=O. The third-order valence-electron chi connectivity index (χ3n) is 1.02. The van der Waals surface area contributed by atoms with E-state index in [2.05, 4.69) is 4.74 Å². The highest BCUT2D eigenvalue weighted by Crippen LogP contribution is 1.98. The van der Waals surface area contributed by atoms with Gasteiger partial charge in [0.15, 0.2) is 0 Å². The second kappa shape index (κ2) is 4.67. The fraction of sp³-hybridized carbons (Fsp3) is 0.500. The molecule has 56 valence electrons. The van der Waals surface area contributed by atoms with Crippen LogP contribution >= 0.6 is 0 Å². The van der Waals surface area contributed by atoms with E-state index in [1.807, 2.05) is 0 Å². The third kappa shape index (κ3) is 2.39. The summed E-state index contributed by atoms with van der Waals surface area (Å²) >= 11 is 0. The van der Waals surface area contributed by atoms with Gasteiger partial charge in [-0.15, -0.1) is 0 Å². The van der Waals surface area contributed by atoms with Crippen LogP contribution in [0.15, 0.2) is 0 Å². The summed E-state index contributed by atoms with van der Waals surface area (Å²) in [5.41, 5.74) is 0. The third-order valence-corrected chi connectivity index (χ3v) is 1.02. The van der Waals surface area contributed by atoms with Gasteiger partial charge in [0.2, 0.25) is 0 Å². The van der Waals surface area contributed by atoms with Gasteiger partial charge in [0.25, 0.3) is 0 Å². The Morgan fingerprint density at radius 2 is 2.20 bits per heavy atom. The van der Waals surface area contributed by atoms with Crippen LogP contribution in [-0.4, -0.2) is 25.7 Å². The Kier molecular flexibility index (Phi) is 4.11. The van der Waals surface area contributed by atoms with Crippen molar-refractivity contribution in [2.24, 2.45) is 5.92 Å². The molecule has 0 N–H and O–H groups in total. The fourth-order valence-corrected chi connectivity index (χ4v) is 0.462. The largest absolute Gasteiger partial charge is 0.468 e. The number of methoxy groups -OCH3 is 1. The maximum Gasteiger partial charge on any atom is 0.316 e. The molecule has 0 saturated heterocycles. The minimum atomic E-state index is -0.928. The zero-order valence-electron chi connectivity index (χ0n) is 5.57. The van der Waals surface area contributed by atoms with E-state index in [0.29, 0.717) is 12.6 Å². The number of hydrogen-bond acceptors (Lipinski definition) is 4. The van der Waals surface area contributed by atoms with Gasteiger partial charge in [0.05, 0.1) is 7.11 Å². The van der Waals surface area contributed by atoms with E-state index < -0.39 is 11.9 Å². The first kappa shape index (κ1) is 8.81. The van der Waals surface area contributed by atoms with Crippen molar-refractivity contribution < 1.29 is 19.1 Å². The zero-order chi connectivity index (χ0) is 7.98. The minimum Gasteiger partial charge on any atom is -0.468 e. The van der Waals surface area contributed by atoms with E-state index in [1.54, 1.807) is 0 Å². The van der Waals surface area contributed by atoms with Gasteiger partial charge < -0.3 is 14.3 Å². The van der Waals surface area contributed by atoms with Crippen molar-refractivity contribution in [2.75, 3.05) is 7.11 Å². The molecule has 0 aromatic carbocycles. The summed E-state index contributed by atoms with van der Waals surface area (Å²) in [6.45, 7) is 0. The summed E-state index contributed by atoms with van der Waals surface area (Å²) in [6.07, 6.45) is 0.812.